The number of ketones is 1. The van der Waals surface area contributed by atoms with Crippen molar-refractivity contribution in [1.29, 1.82) is 0 Å². The van der Waals surface area contributed by atoms with E-state index in [-0.39, 0.29) is 6.54 Å². The van der Waals surface area contributed by atoms with E-state index in [1.165, 1.54) is 12.0 Å². The number of carbonyl (C=O) groups is 3. The van der Waals surface area contributed by atoms with Crippen LogP contribution in [-0.4, -0.2) is 31.3 Å². The summed E-state index contributed by atoms with van der Waals surface area (Å²) in [5.74, 6) is -1.53. The van der Waals surface area contributed by atoms with E-state index in [0.717, 1.165) is 5.56 Å². The Kier molecular flexibility index (Phi) is 3.38. The largest absolute Gasteiger partial charge is 0.469 e. The van der Waals surface area contributed by atoms with Gasteiger partial charge in [0, 0.05) is 6.54 Å². The van der Waals surface area contributed by atoms with Crippen LogP contribution in [0.5, 0.6) is 0 Å². The zero-order chi connectivity index (χ0) is 15.1. The van der Waals surface area contributed by atoms with Gasteiger partial charge in [-0.3, -0.25) is 14.4 Å². The van der Waals surface area contributed by atoms with Crippen molar-refractivity contribution in [1.82, 2.24) is 0 Å². The average molecular weight is 275 g/mol. The molecule has 0 spiro atoms. The molecule has 0 radical (unpaired) electrons. The van der Waals surface area contributed by atoms with Gasteiger partial charge < -0.3 is 9.64 Å². The number of hydrogen-bond acceptors (Lipinski definition) is 4. The minimum Gasteiger partial charge on any atom is -0.469 e. The first kappa shape index (κ1) is 14.2. The SMILES string of the molecule is COC(=O)C(C)(C)CN1C(=O)C(=O)c2cccc(C)c21. The van der Waals surface area contributed by atoms with Crippen LogP contribution in [0, 0.1) is 12.3 Å². The average Bonchev–Trinajstić information content (AvgIpc) is 2.64. The van der Waals surface area contributed by atoms with Crippen molar-refractivity contribution in [2.24, 2.45) is 5.41 Å². The number of esters is 1. The van der Waals surface area contributed by atoms with Crippen LogP contribution in [0.15, 0.2) is 18.2 Å². The molecule has 2 rings (SSSR count). The van der Waals surface area contributed by atoms with Gasteiger partial charge in [0.15, 0.2) is 0 Å². The molecule has 0 atom stereocenters. The van der Waals surface area contributed by atoms with Crippen molar-refractivity contribution >= 4 is 23.3 Å². The van der Waals surface area contributed by atoms with Gasteiger partial charge in [0.2, 0.25) is 0 Å². The maximum absolute atomic E-state index is 12.1. The first-order valence-electron chi connectivity index (χ1n) is 6.34. The van der Waals surface area contributed by atoms with Crippen LogP contribution in [0.4, 0.5) is 5.69 Å². The molecule has 20 heavy (non-hydrogen) atoms. The third-order valence-corrected chi connectivity index (χ3v) is 3.48. The molecule has 0 unspecified atom stereocenters. The standard InChI is InChI=1S/C15H17NO4/c1-9-6-5-7-10-11(9)16(13(18)12(10)17)8-15(2,3)14(19)20-4/h5-7H,8H2,1-4H3. The van der Waals surface area contributed by atoms with Crippen LogP contribution >= 0.6 is 0 Å². The lowest BCUT2D eigenvalue weighted by Crippen LogP contribution is -2.42. The summed E-state index contributed by atoms with van der Waals surface area (Å²) in [5, 5.41) is 0. The zero-order valence-corrected chi connectivity index (χ0v) is 12.0. The predicted octanol–water partition coefficient (Wildman–Crippen LogP) is 1.72. The molecule has 1 aromatic carbocycles. The van der Waals surface area contributed by atoms with E-state index in [1.807, 2.05) is 13.0 Å². The Bertz CT molecular complexity index is 604. The van der Waals surface area contributed by atoms with Gasteiger partial charge in [-0.25, -0.2) is 0 Å². The van der Waals surface area contributed by atoms with Crippen molar-refractivity contribution in [3.63, 3.8) is 0 Å². The summed E-state index contributed by atoms with van der Waals surface area (Å²) in [7, 11) is 1.31. The first-order chi connectivity index (χ1) is 9.29. The molecule has 0 bridgehead atoms. The fraction of sp³-hybridized carbons (Fsp3) is 0.400. The molecule has 0 N–H and O–H groups in total. The maximum Gasteiger partial charge on any atom is 0.313 e. The molecule has 106 valence electrons. The number of fused-ring (bicyclic) bond motifs is 1. The summed E-state index contributed by atoms with van der Waals surface area (Å²) in [4.78, 5) is 37.2. The zero-order valence-electron chi connectivity index (χ0n) is 12.0. The van der Waals surface area contributed by atoms with Gasteiger partial charge in [0.25, 0.3) is 11.7 Å². The van der Waals surface area contributed by atoms with E-state index < -0.39 is 23.1 Å². The number of carbonyl (C=O) groups excluding carboxylic acids is 3. The lowest BCUT2D eigenvalue weighted by Gasteiger charge is -2.28. The summed E-state index contributed by atoms with van der Waals surface area (Å²) >= 11 is 0. The Morgan fingerprint density at radius 2 is 1.95 bits per heavy atom. The maximum atomic E-state index is 12.1. The summed E-state index contributed by atoms with van der Waals surface area (Å²) in [6, 6.07) is 5.21. The van der Waals surface area contributed by atoms with Gasteiger partial charge in [-0.15, -0.1) is 0 Å². The molecule has 0 fully saturated rings. The van der Waals surface area contributed by atoms with E-state index in [1.54, 1.807) is 26.0 Å². The second-order valence-corrected chi connectivity index (χ2v) is 5.57. The molecule has 5 heteroatoms. The lowest BCUT2D eigenvalue weighted by atomic mass is 9.92. The number of hydrogen-bond donors (Lipinski definition) is 0. The fourth-order valence-electron chi connectivity index (χ4n) is 2.43. The molecule has 0 aliphatic carbocycles. The summed E-state index contributed by atoms with van der Waals surface area (Å²) in [5.41, 5.74) is 0.951. The second-order valence-electron chi connectivity index (χ2n) is 5.57. The molecule has 1 aliphatic heterocycles. The van der Waals surface area contributed by atoms with Gasteiger partial charge in [0.1, 0.15) is 0 Å². The Balaban J connectivity index is 2.43. The van der Waals surface area contributed by atoms with E-state index in [2.05, 4.69) is 0 Å². The third-order valence-electron chi connectivity index (χ3n) is 3.48. The summed E-state index contributed by atoms with van der Waals surface area (Å²) in [6.45, 7) is 5.32. The monoisotopic (exact) mass is 275 g/mol. The molecule has 0 aromatic heterocycles. The number of nitrogens with zero attached hydrogens (tertiary/aromatic N) is 1. The summed E-state index contributed by atoms with van der Waals surface area (Å²) < 4.78 is 4.74. The number of para-hydroxylation sites is 1. The van der Waals surface area contributed by atoms with Crippen molar-refractivity contribution in [3.8, 4) is 0 Å². The van der Waals surface area contributed by atoms with Crippen LogP contribution in [0.3, 0.4) is 0 Å². The molecular formula is C15H17NO4. The Morgan fingerprint density at radius 1 is 1.30 bits per heavy atom. The number of methoxy groups -OCH3 is 1. The van der Waals surface area contributed by atoms with Crippen LogP contribution in [0.1, 0.15) is 29.8 Å². The van der Waals surface area contributed by atoms with Crippen molar-refractivity contribution in [2.45, 2.75) is 20.8 Å². The van der Waals surface area contributed by atoms with E-state index in [4.69, 9.17) is 4.74 Å². The van der Waals surface area contributed by atoms with Crippen LogP contribution in [0.25, 0.3) is 0 Å². The fourth-order valence-corrected chi connectivity index (χ4v) is 2.43. The van der Waals surface area contributed by atoms with Crippen molar-refractivity contribution in [3.05, 3.63) is 29.3 Å². The minimum atomic E-state index is -0.880. The minimum absolute atomic E-state index is 0.113. The predicted molar refractivity (Wildman–Crippen MR) is 73.7 cm³/mol. The third kappa shape index (κ3) is 2.09. The molecule has 1 aliphatic rings. The Labute approximate surface area is 117 Å². The summed E-state index contributed by atoms with van der Waals surface area (Å²) in [6.07, 6.45) is 0. The number of aryl methyl sites for hydroxylation is 1. The number of rotatable bonds is 3. The highest BCUT2D eigenvalue weighted by Crippen LogP contribution is 2.34. The molecule has 5 nitrogen and oxygen atoms in total. The highest BCUT2D eigenvalue weighted by atomic mass is 16.5. The van der Waals surface area contributed by atoms with E-state index >= 15 is 0 Å². The van der Waals surface area contributed by atoms with Gasteiger partial charge in [-0.05, 0) is 32.4 Å². The van der Waals surface area contributed by atoms with Gasteiger partial charge in [-0.1, -0.05) is 12.1 Å². The molecule has 1 heterocycles. The van der Waals surface area contributed by atoms with E-state index in [9.17, 15) is 14.4 Å². The van der Waals surface area contributed by atoms with Crippen LogP contribution in [0.2, 0.25) is 0 Å². The smallest absolute Gasteiger partial charge is 0.313 e. The van der Waals surface area contributed by atoms with Gasteiger partial charge in [-0.2, -0.15) is 0 Å². The molecule has 0 saturated heterocycles. The molecular weight excluding hydrogens is 258 g/mol. The van der Waals surface area contributed by atoms with Crippen molar-refractivity contribution in [2.75, 3.05) is 18.6 Å². The molecule has 1 amide bonds. The number of ether oxygens (including phenoxy) is 1. The van der Waals surface area contributed by atoms with Crippen LogP contribution < -0.4 is 4.90 Å². The molecule has 1 aromatic rings. The van der Waals surface area contributed by atoms with Crippen LogP contribution in [-0.2, 0) is 14.3 Å². The first-order valence-corrected chi connectivity index (χ1v) is 6.34. The molecule has 0 saturated carbocycles. The number of anilines is 1. The Morgan fingerprint density at radius 3 is 2.55 bits per heavy atom. The highest BCUT2D eigenvalue weighted by Gasteiger charge is 2.41. The van der Waals surface area contributed by atoms with Crippen molar-refractivity contribution < 1.29 is 19.1 Å². The van der Waals surface area contributed by atoms with Gasteiger partial charge in [0.05, 0.1) is 23.8 Å². The Hall–Kier alpha value is -2.17. The normalized spacial score (nSPS) is 14.5. The lowest BCUT2D eigenvalue weighted by molar-refractivity contribution is -0.150. The highest BCUT2D eigenvalue weighted by molar-refractivity contribution is 6.52. The topological polar surface area (TPSA) is 63.7 Å². The van der Waals surface area contributed by atoms with Gasteiger partial charge >= 0.3 is 5.97 Å². The number of benzene rings is 1. The second kappa shape index (κ2) is 4.74. The van der Waals surface area contributed by atoms with E-state index in [0.29, 0.717) is 11.3 Å². The number of Topliss-reactive ketones (excluding diaryl/α,β-unsaturated/α-hetero) is 1. The number of amides is 1. The quantitative estimate of drug-likeness (QED) is 0.622.